The van der Waals surface area contributed by atoms with Gasteiger partial charge in [0, 0.05) is 44.3 Å². The molecule has 3 aliphatic rings. The van der Waals surface area contributed by atoms with Crippen molar-refractivity contribution in [3.8, 4) is 5.75 Å². The van der Waals surface area contributed by atoms with E-state index in [1.807, 2.05) is 6.07 Å². The largest absolute Gasteiger partial charge is 0.489 e. The van der Waals surface area contributed by atoms with E-state index in [4.69, 9.17) is 15.3 Å². The molecule has 0 radical (unpaired) electrons. The smallest absolute Gasteiger partial charge is 0.266 e. The molecule has 3 heterocycles. The molecule has 3 amide bonds. The fraction of sp³-hybridized carbons (Fsp3) is 0.444. The summed E-state index contributed by atoms with van der Waals surface area (Å²) in [6.45, 7) is 3.64. The van der Waals surface area contributed by atoms with Crippen molar-refractivity contribution in [1.82, 2.24) is 14.8 Å². The third kappa shape index (κ3) is 4.86. The number of hydrazine groups is 1. The number of rotatable bonds is 7. The van der Waals surface area contributed by atoms with Crippen LogP contribution in [0.3, 0.4) is 0 Å². The first kappa shape index (κ1) is 24.4. The maximum absolute atomic E-state index is 13.1. The first-order valence-corrected chi connectivity index (χ1v) is 12.4. The van der Waals surface area contributed by atoms with Crippen molar-refractivity contribution in [2.75, 3.05) is 20.2 Å². The van der Waals surface area contributed by atoms with Gasteiger partial charge in [0.25, 0.3) is 11.8 Å². The minimum Gasteiger partial charge on any atom is -0.489 e. The molecule has 9 nitrogen and oxygen atoms in total. The Morgan fingerprint density at radius 3 is 2.42 bits per heavy atom. The molecule has 2 N–H and O–H groups in total. The SMILES string of the molecule is COC1CCN(Cc2ccc(COc3cccc4c3CN(C3CCC(=O)N(N)C3=O)C4=O)cc2)CC1. The topological polar surface area (TPSA) is 105 Å². The van der Waals surface area contributed by atoms with E-state index in [0.717, 1.165) is 43.6 Å². The van der Waals surface area contributed by atoms with Crippen molar-refractivity contribution >= 4 is 17.7 Å². The van der Waals surface area contributed by atoms with Crippen LogP contribution in [0.5, 0.6) is 5.75 Å². The maximum Gasteiger partial charge on any atom is 0.266 e. The third-order valence-electron chi connectivity index (χ3n) is 7.44. The molecule has 1 unspecified atom stereocenters. The summed E-state index contributed by atoms with van der Waals surface area (Å²) in [6.07, 6.45) is 2.93. The van der Waals surface area contributed by atoms with Crippen molar-refractivity contribution in [2.45, 2.75) is 57.5 Å². The summed E-state index contributed by atoms with van der Waals surface area (Å²) in [5, 5.41) is 0.632. The number of ether oxygens (including phenoxy) is 2. The van der Waals surface area contributed by atoms with Gasteiger partial charge < -0.3 is 14.4 Å². The van der Waals surface area contributed by atoms with Gasteiger partial charge in [-0.2, -0.15) is 0 Å². The van der Waals surface area contributed by atoms with Gasteiger partial charge in [0.15, 0.2) is 0 Å². The molecule has 2 aromatic rings. The van der Waals surface area contributed by atoms with Crippen LogP contribution in [-0.2, 0) is 34.0 Å². The van der Waals surface area contributed by atoms with E-state index in [2.05, 4.69) is 29.2 Å². The fourth-order valence-electron chi connectivity index (χ4n) is 5.25. The Labute approximate surface area is 210 Å². The molecule has 0 saturated carbocycles. The molecule has 2 aromatic carbocycles. The van der Waals surface area contributed by atoms with Gasteiger partial charge in [-0.25, -0.2) is 10.9 Å². The van der Waals surface area contributed by atoms with Gasteiger partial charge in [0.2, 0.25) is 5.91 Å². The lowest BCUT2D eigenvalue weighted by Gasteiger charge is -2.33. The molecule has 0 aromatic heterocycles. The highest BCUT2D eigenvalue weighted by Gasteiger charge is 2.42. The van der Waals surface area contributed by atoms with E-state index >= 15 is 0 Å². The summed E-state index contributed by atoms with van der Waals surface area (Å²) in [5.41, 5.74) is 3.58. The van der Waals surface area contributed by atoms with Crippen LogP contribution < -0.4 is 10.6 Å². The number of amides is 3. The van der Waals surface area contributed by atoms with E-state index in [1.54, 1.807) is 19.2 Å². The van der Waals surface area contributed by atoms with Crippen LogP contribution in [0.2, 0.25) is 0 Å². The van der Waals surface area contributed by atoms with E-state index in [1.165, 1.54) is 10.5 Å². The number of hydrogen-bond donors (Lipinski definition) is 1. The Balaban J connectivity index is 1.20. The summed E-state index contributed by atoms with van der Waals surface area (Å²) in [7, 11) is 1.79. The van der Waals surface area contributed by atoms with Crippen LogP contribution in [0.25, 0.3) is 0 Å². The van der Waals surface area contributed by atoms with Gasteiger partial charge >= 0.3 is 0 Å². The molecule has 3 aliphatic heterocycles. The van der Waals surface area contributed by atoms with Crippen molar-refractivity contribution in [3.05, 3.63) is 64.7 Å². The second kappa shape index (κ2) is 10.4. The molecule has 36 heavy (non-hydrogen) atoms. The number of nitrogens with two attached hydrogens (primary N) is 1. The number of nitrogens with zero attached hydrogens (tertiary/aromatic N) is 3. The quantitative estimate of drug-likeness (QED) is 0.359. The lowest BCUT2D eigenvalue weighted by molar-refractivity contribution is -0.152. The Kier molecular flexibility index (Phi) is 7.04. The van der Waals surface area contributed by atoms with E-state index in [-0.39, 0.29) is 25.3 Å². The Morgan fingerprint density at radius 2 is 1.69 bits per heavy atom. The average molecular weight is 493 g/mol. The normalized spacial score (nSPS) is 21.3. The zero-order valence-corrected chi connectivity index (χ0v) is 20.5. The monoisotopic (exact) mass is 492 g/mol. The fourth-order valence-corrected chi connectivity index (χ4v) is 5.25. The zero-order valence-electron chi connectivity index (χ0n) is 20.5. The van der Waals surface area contributed by atoms with E-state index < -0.39 is 17.9 Å². The lowest BCUT2D eigenvalue weighted by atomic mass is 10.0. The molecule has 2 saturated heterocycles. The summed E-state index contributed by atoms with van der Waals surface area (Å²) < 4.78 is 11.6. The minimum absolute atomic E-state index is 0.137. The summed E-state index contributed by atoms with van der Waals surface area (Å²) in [4.78, 5) is 41.3. The van der Waals surface area contributed by atoms with Gasteiger partial charge in [-0.3, -0.25) is 19.3 Å². The molecule has 2 fully saturated rings. The highest BCUT2D eigenvalue weighted by molar-refractivity contribution is 6.05. The van der Waals surface area contributed by atoms with E-state index in [9.17, 15) is 14.4 Å². The second-order valence-electron chi connectivity index (χ2n) is 9.69. The van der Waals surface area contributed by atoms with Crippen molar-refractivity contribution < 1.29 is 23.9 Å². The first-order valence-electron chi connectivity index (χ1n) is 12.4. The number of piperidine rings is 2. The van der Waals surface area contributed by atoms with Crippen LogP contribution in [0.4, 0.5) is 0 Å². The highest BCUT2D eigenvalue weighted by atomic mass is 16.5. The van der Waals surface area contributed by atoms with Crippen LogP contribution in [0.1, 0.15) is 52.7 Å². The van der Waals surface area contributed by atoms with Crippen LogP contribution in [-0.4, -0.2) is 64.9 Å². The van der Waals surface area contributed by atoms with Crippen molar-refractivity contribution in [3.63, 3.8) is 0 Å². The summed E-state index contributed by atoms with van der Waals surface area (Å²) in [6, 6.07) is 13.0. The van der Waals surface area contributed by atoms with Gasteiger partial charge in [-0.05, 0) is 42.5 Å². The van der Waals surface area contributed by atoms with Gasteiger partial charge in [0.1, 0.15) is 18.4 Å². The second-order valence-corrected chi connectivity index (χ2v) is 9.69. The number of carbonyl (C=O) groups is 3. The molecule has 5 rings (SSSR count). The lowest BCUT2D eigenvalue weighted by Crippen LogP contribution is -2.57. The number of fused-ring (bicyclic) bond motifs is 1. The Bertz CT molecular complexity index is 1140. The molecule has 1 atom stereocenters. The predicted molar refractivity (Wildman–Crippen MR) is 131 cm³/mol. The number of hydrogen-bond acceptors (Lipinski definition) is 7. The maximum atomic E-state index is 13.1. The minimum atomic E-state index is -0.742. The predicted octanol–water partition coefficient (Wildman–Crippen LogP) is 2.22. The molecule has 0 aliphatic carbocycles. The number of benzene rings is 2. The van der Waals surface area contributed by atoms with Crippen LogP contribution >= 0.6 is 0 Å². The van der Waals surface area contributed by atoms with Gasteiger partial charge in [0.05, 0.1) is 12.6 Å². The Morgan fingerprint density at radius 1 is 0.972 bits per heavy atom. The van der Waals surface area contributed by atoms with Crippen LogP contribution in [0.15, 0.2) is 42.5 Å². The number of methoxy groups -OCH3 is 1. The highest BCUT2D eigenvalue weighted by Crippen LogP contribution is 2.34. The zero-order chi connectivity index (χ0) is 25.2. The van der Waals surface area contributed by atoms with Crippen molar-refractivity contribution in [1.29, 1.82) is 0 Å². The number of carbonyl (C=O) groups excluding carboxylic acids is 3. The summed E-state index contributed by atoms with van der Waals surface area (Å²) in [5.74, 6) is 5.02. The number of likely N-dealkylation sites (tertiary alicyclic amines) is 1. The third-order valence-corrected chi connectivity index (χ3v) is 7.44. The average Bonchev–Trinajstić information content (AvgIpc) is 3.24. The van der Waals surface area contributed by atoms with E-state index in [0.29, 0.717) is 29.0 Å². The van der Waals surface area contributed by atoms with Crippen LogP contribution in [0, 0.1) is 0 Å². The van der Waals surface area contributed by atoms with Gasteiger partial charge in [-0.1, -0.05) is 30.3 Å². The van der Waals surface area contributed by atoms with Crippen molar-refractivity contribution in [2.24, 2.45) is 5.84 Å². The molecule has 0 bridgehead atoms. The standard InChI is InChI=1S/C27H32N4O5/c1-35-20-11-13-29(14-12-20)15-18-5-7-19(8-6-18)17-36-24-4-2-3-21-22(24)16-30(26(21)33)23-9-10-25(32)31(28)27(23)34/h2-8,20,23H,9-17,28H2,1H3. The summed E-state index contributed by atoms with van der Waals surface area (Å²) >= 11 is 0. The molecular formula is C27H32N4O5. The Hall–Kier alpha value is -3.27. The molecule has 9 heteroatoms. The number of imide groups is 1. The molecular weight excluding hydrogens is 460 g/mol. The first-order chi connectivity index (χ1) is 17.4. The van der Waals surface area contributed by atoms with Gasteiger partial charge in [-0.15, -0.1) is 0 Å². The molecule has 0 spiro atoms. The molecule has 190 valence electrons.